The number of piperidine rings is 1. The van der Waals surface area contributed by atoms with Crippen LogP contribution in [0.2, 0.25) is 0 Å². The highest BCUT2D eigenvalue weighted by Crippen LogP contribution is 2.37. The average molecular weight is 494 g/mol. The van der Waals surface area contributed by atoms with E-state index in [0.29, 0.717) is 21.1 Å². The lowest BCUT2D eigenvalue weighted by Gasteiger charge is -2.26. The molecule has 1 aliphatic rings. The van der Waals surface area contributed by atoms with Crippen LogP contribution in [0.25, 0.3) is 27.0 Å². The summed E-state index contributed by atoms with van der Waals surface area (Å²) in [6, 6.07) is 15.6. The number of carbonyl (C=O) groups excluding carboxylic acids is 1. The number of amides is 1. The van der Waals surface area contributed by atoms with Crippen LogP contribution in [0.3, 0.4) is 0 Å². The van der Waals surface area contributed by atoms with Gasteiger partial charge in [-0.15, -0.1) is 11.3 Å². The number of benzene rings is 2. The van der Waals surface area contributed by atoms with Crippen LogP contribution in [0, 0.1) is 12.7 Å². The van der Waals surface area contributed by atoms with Crippen LogP contribution in [0.15, 0.2) is 64.5 Å². The van der Waals surface area contributed by atoms with Gasteiger partial charge in [0.1, 0.15) is 10.6 Å². The molecule has 174 valence electrons. The van der Waals surface area contributed by atoms with E-state index in [1.807, 2.05) is 42.2 Å². The Bertz CT molecular complexity index is 1390. The van der Waals surface area contributed by atoms with E-state index in [2.05, 4.69) is 0 Å². The summed E-state index contributed by atoms with van der Waals surface area (Å²) in [5.74, 6) is -0.00853. The molecule has 3 heterocycles. The molecule has 1 fully saturated rings. The van der Waals surface area contributed by atoms with Gasteiger partial charge in [-0.2, -0.15) is 0 Å². The van der Waals surface area contributed by atoms with E-state index >= 15 is 0 Å². The number of aryl methyl sites for hydroxylation is 1. The van der Waals surface area contributed by atoms with Gasteiger partial charge in [0, 0.05) is 23.5 Å². The summed E-state index contributed by atoms with van der Waals surface area (Å²) in [6.07, 6.45) is 3.24. The second-order valence-corrected chi connectivity index (χ2v) is 10.5. The summed E-state index contributed by atoms with van der Waals surface area (Å²) in [5, 5.41) is 1.02. The summed E-state index contributed by atoms with van der Waals surface area (Å²) in [6.45, 7) is 3.54. The largest absolute Gasteiger partial charge is 0.342 e. The Balaban J connectivity index is 1.61. The minimum absolute atomic E-state index is 0.0769. The number of hydrogen-bond acceptors (Lipinski definition) is 5. The van der Waals surface area contributed by atoms with Crippen molar-refractivity contribution in [3.63, 3.8) is 0 Å². The molecule has 5 rings (SSSR count). The topological polar surface area (TPSA) is 55.2 Å². The first-order valence-corrected chi connectivity index (χ1v) is 13.1. The number of halogens is 1. The molecule has 0 bridgehead atoms. The maximum Gasteiger partial charge on any atom is 0.268 e. The zero-order valence-corrected chi connectivity index (χ0v) is 20.4. The van der Waals surface area contributed by atoms with E-state index in [9.17, 15) is 14.0 Å². The van der Waals surface area contributed by atoms with E-state index in [4.69, 9.17) is 4.98 Å². The Labute approximate surface area is 205 Å². The number of fused-ring (bicyclic) bond motifs is 1. The summed E-state index contributed by atoms with van der Waals surface area (Å²) in [7, 11) is 0. The molecule has 1 saturated heterocycles. The van der Waals surface area contributed by atoms with Crippen molar-refractivity contribution in [2.75, 3.05) is 18.8 Å². The lowest BCUT2D eigenvalue weighted by molar-refractivity contribution is -0.129. The monoisotopic (exact) mass is 493 g/mol. The fraction of sp³-hybridized carbons (Fsp3) is 0.269. The Kier molecular flexibility index (Phi) is 6.52. The standard InChI is InChI=1S/C26H24FN3O2S2/c1-17-22(18-10-12-19(27)13-11-18)23-24(34-17)28-26(30(25(23)32)20-8-4-2-5-9-20)33-16-21(31)29-14-6-3-7-15-29/h2,4-5,8-13H,3,6-7,14-16H2,1H3. The number of likely N-dealkylation sites (tertiary alicyclic amines) is 1. The smallest absolute Gasteiger partial charge is 0.268 e. The molecule has 4 aromatic rings. The lowest BCUT2D eigenvalue weighted by Crippen LogP contribution is -2.36. The molecule has 8 heteroatoms. The van der Waals surface area contributed by atoms with Gasteiger partial charge in [-0.1, -0.05) is 42.1 Å². The van der Waals surface area contributed by atoms with Gasteiger partial charge in [-0.25, -0.2) is 9.37 Å². The van der Waals surface area contributed by atoms with E-state index in [1.54, 1.807) is 16.7 Å². The van der Waals surface area contributed by atoms with E-state index in [1.165, 1.54) is 35.2 Å². The predicted octanol–water partition coefficient (Wildman–Crippen LogP) is 5.67. The first-order valence-electron chi connectivity index (χ1n) is 11.3. The fourth-order valence-corrected chi connectivity index (χ4v) is 6.37. The minimum atomic E-state index is -0.321. The quantitative estimate of drug-likeness (QED) is 0.266. The molecule has 1 amide bonds. The van der Waals surface area contributed by atoms with Crippen LogP contribution in [-0.2, 0) is 4.79 Å². The van der Waals surface area contributed by atoms with Crippen LogP contribution in [0.1, 0.15) is 24.1 Å². The van der Waals surface area contributed by atoms with Gasteiger partial charge in [0.2, 0.25) is 5.91 Å². The number of thioether (sulfide) groups is 1. The Hall–Kier alpha value is -2.97. The third-order valence-electron chi connectivity index (χ3n) is 6.05. The van der Waals surface area contributed by atoms with Crippen molar-refractivity contribution in [2.24, 2.45) is 0 Å². The number of thiophene rings is 1. The molecule has 2 aromatic carbocycles. The van der Waals surface area contributed by atoms with Gasteiger partial charge >= 0.3 is 0 Å². The van der Waals surface area contributed by atoms with E-state index < -0.39 is 0 Å². The predicted molar refractivity (Wildman–Crippen MR) is 137 cm³/mol. The second kappa shape index (κ2) is 9.72. The van der Waals surface area contributed by atoms with Crippen LogP contribution in [-0.4, -0.2) is 39.2 Å². The van der Waals surface area contributed by atoms with Crippen molar-refractivity contribution >= 4 is 39.2 Å². The van der Waals surface area contributed by atoms with E-state index in [-0.39, 0.29) is 23.0 Å². The van der Waals surface area contributed by atoms with Crippen molar-refractivity contribution < 1.29 is 9.18 Å². The highest BCUT2D eigenvalue weighted by atomic mass is 32.2. The molecule has 0 saturated carbocycles. The molecule has 34 heavy (non-hydrogen) atoms. The first kappa shape index (κ1) is 22.8. The number of rotatable bonds is 5. The zero-order chi connectivity index (χ0) is 23.7. The van der Waals surface area contributed by atoms with Crippen molar-refractivity contribution in [1.82, 2.24) is 14.5 Å². The van der Waals surface area contributed by atoms with E-state index in [0.717, 1.165) is 48.4 Å². The Morgan fingerprint density at radius 2 is 1.76 bits per heavy atom. The molecule has 0 atom stereocenters. The van der Waals surface area contributed by atoms with Gasteiger partial charge in [0.15, 0.2) is 5.16 Å². The molecule has 0 aliphatic carbocycles. The summed E-state index contributed by atoms with van der Waals surface area (Å²) >= 11 is 2.75. The Morgan fingerprint density at radius 1 is 1.06 bits per heavy atom. The van der Waals surface area contributed by atoms with Gasteiger partial charge in [-0.05, 0) is 56.0 Å². The summed E-state index contributed by atoms with van der Waals surface area (Å²) in [4.78, 5) is 35.0. The number of nitrogens with zero attached hydrogens (tertiary/aromatic N) is 3. The normalized spacial score (nSPS) is 14.0. The molecule has 0 unspecified atom stereocenters. The Morgan fingerprint density at radius 3 is 2.47 bits per heavy atom. The lowest BCUT2D eigenvalue weighted by atomic mass is 10.0. The van der Waals surface area contributed by atoms with Crippen molar-refractivity contribution in [3.8, 4) is 16.8 Å². The van der Waals surface area contributed by atoms with Crippen LogP contribution < -0.4 is 5.56 Å². The first-order chi connectivity index (χ1) is 16.5. The molecule has 5 nitrogen and oxygen atoms in total. The maximum atomic E-state index is 13.9. The SMILES string of the molecule is Cc1sc2nc(SCC(=O)N3CCCCC3)n(-c3ccccc3)c(=O)c2c1-c1ccc(F)cc1. The van der Waals surface area contributed by atoms with Crippen LogP contribution in [0.5, 0.6) is 0 Å². The third kappa shape index (κ3) is 4.40. The van der Waals surface area contributed by atoms with Gasteiger partial charge in [0.25, 0.3) is 5.56 Å². The molecule has 2 aromatic heterocycles. The molecule has 0 radical (unpaired) electrons. The van der Waals surface area contributed by atoms with Crippen molar-refractivity contribution in [3.05, 3.63) is 75.6 Å². The van der Waals surface area contributed by atoms with Gasteiger partial charge < -0.3 is 4.90 Å². The average Bonchev–Trinajstić information content (AvgIpc) is 3.20. The minimum Gasteiger partial charge on any atom is -0.342 e. The molecule has 0 N–H and O–H groups in total. The number of para-hydroxylation sites is 1. The molecular formula is C26H24FN3O2S2. The molecule has 0 spiro atoms. The third-order valence-corrected chi connectivity index (χ3v) is 7.97. The maximum absolute atomic E-state index is 13.9. The fourth-order valence-electron chi connectivity index (χ4n) is 4.37. The van der Waals surface area contributed by atoms with Crippen molar-refractivity contribution in [1.29, 1.82) is 0 Å². The zero-order valence-electron chi connectivity index (χ0n) is 18.8. The summed E-state index contributed by atoms with van der Waals surface area (Å²) in [5.41, 5.74) is 2.07. The van der Waals surface area contributed by atoms with Gasteiger partial charge in [0.05, 0.1) is 16.8 Å². The van der Waals surface area contributed by atoms with Crippen LogP contribution >= 0.6 is 23.1 Å². The summed E-state index contributed by atoms with van der Waals surface area (Å²) < 4.78 is 15.1. The number of carbonyl (C=O) groups is 1. The highest BCUT2D eigenvalue weighted by molar-refractivity contribution is 7.99. The van der Waals surface area contributed by atoms with Gasteiger partial charge in [-0.3, -0.25) is 14.2 Å². The highest BCUT2D eigenvalue weighted by Gasteiger charge is 2.23. The molecular weight excluding hydrogens is 469 g/mol. The second-order valence-electron chi connectivity index (χ2n) is 8.32. The molecule has 1 aliphatic heterocycles. The number of aromatic nitrogens is 2. The van der Waals surface area contributed by atoms with Crippen molar-refractivity contribution in [2.45, 2.75) is 31.3 Å². The number of hydrogen-bond donors (Lipinski definition) is 0. The van der Waals surface area contributed by atoms with Crippen LogP contribution in [0.4, 0.5) is 4.39 Å².